The lowest BCUT2D eigenvalue weighted by Crippen LogP contribution is -2.32. The van der Waals surface area contributed by atoms with Gasteiger partial charge in [-0.15, -0.1) is 0 Å². The highest BCUT2D eigenvalue weighted by Crippen LogP contribution is 2.15. The quantitative estimate of drug-likeness (QED) is 0.747. The number of carbonyl (C=O) groups is 1. The standard InChI is InChI=1S/C11H16N2O/c1-7-4-5-10(8(2)6-7)13-11(14)9(3)12/h4-6,9H,12H2,1-3H3,(H,13,14). The maximum atomic E-state index is 11.3. The predicted molar refractivity (Wildman–Crippen MR) is 58.2 cm³/mol. The van der Waals surface area contributed by atoms with Gasteiger partial charge < -0.3 is 11.1 Å². The van der Waals surface area contributed by atoms with E-state index in [-0.39, 0.29) is 5.91 Å². The zero-order chi connectivity index (χ0) is 10.7. The summed E-state index contributed by atoms with van der Waals surface area (Å²) in [5.41, 5.74) is 8.52. The number of anilines is 1. The summed E-state index contributed by atoms with van der Waals surface area (Å²) < 4.78 is 0. The second-order valence-corrected chi connectivity index (χ2v) is 3.60. The number of hydrogen-bond acceptors (Lipinski definition) is 2. The van der Waals surface area contributed by atoms with E-state index in [1.807, 2.05) is 32.0 Å². The highest BCUT2D eigenvalue weighted by atomic mass is 16.2. The second-order valence-electron chi connectivity index (χ2n) is 3.60. The second kappa shape index (κ2) is 4.24. The van der Waals surface area contributed by atoms with E-state index in [9.17, 15) is 4.79 Å². The first-order chi connectivity index (χ1) is 6.50. The molecule has 0 radical (unpaired) electrons. The molecule has 3 nitrogen and oxygen atoms in total. The lowest BCUT2D eigenvalue weighted by atomic mass is 10.1. The van der Waals surface area contributed by atoms with Crippen molar-refractivity contribution in [2.45, 2.75) is 26.8 Å². The van der Waals surface area contributed by atoms with Gasteiger partial charge >= 0.3 is 0 Å². The van der Waals surface area contributed by atoms with Crippen molar-refractivity contribution in [3.05, 3.63) is 29.3 Å². The Kier molecular flexibility index (Phi) is 3.25. The summed E-state index contributed by atoms with van der Waals surface area (Å²) in [6.07, 6.45) is 0. The fourth-order valence-electron chi connectivity index (χ4n) is 1.20. The minimum absolute atomic E-state index is 0.156. The van der Waals surface area contributed by atoms with Gasteiger partial charge in [-0.2, -0.15) is 0 Å². The number of benzene rings is 1. The molecule has 14 heavy (non-hydrogen) atoms. The normalized spacial score (nSPS) is 12.3. The summed E-state index contributed by atoms with van der Waals surface area (Å²) in [7, 11) is 0. The topological polar surface area (TPSA) is 55.1 Å². The van der Waals surface area contributed by atoms with E-state index in [0.717, 1.165) is 11.3 Å². The van der Waals surface area contributed by atoms with Crippen LogP contribution in [0.15, 0.2) is 18.2 Å². The fourth-order valence-corrected chi connectivity index (χ4v) is 1.20. The van der Waals surface area contributed by atoms with E-state index in [1.165, 1.54) is 5.56 Å². The van der Waals surface area contributed by atoms with Gasteiger partial charge in [0.05, 0.1) is 6.04 Å². The lowest BCUT2D eigenvalue weighted by molar-refractivity contribution is -0.117. The van der Waals surface area contributed by atoms with Gasteiger partial charge in [0, 0.05) is 5.69 Å². The molecule has 0 saturated heterocycles. The monoisotopic (exact) mass is 192 g/mol. The Hall–Kier alpha value is -1.35. The zero-order valence-electron chi connectivity index (χ0n) is 8.79. The molecule has 0 fully saturated rings. The molecule has 1 rings (SSSR count). The maximum Gasteiger partial charge on any atom is 0.241 e. The smallest absolute Gasteiger partial charge is 0.241 e. The molecule has 1 amide bonds. The van der Waals surface area contributed by atoms with Crippen molar-refractivity contribution in [3.63, 3.8) is 0 Å². The van der Waals surface area contributed by atoms with E-state index in [1.54, 1.807) is 6.92 Å². The Balaban J connectivity index is 2.82. The Labute approximate surface area is 84.3 Å². The number of hydrogen-bond donors (Lipinski definition) is 2. The van der Waals surface area contributed by atoms with Crippen LogP contribution in [0.1, 0.15) is 18.1 Å². The van der Waals surface area contributed by atoms with Crippen molar-refractivity contribution in [1.82, 2.24) is 0 Å². The largest absolute Gasteiger partial charge is 0.325 e. The van der Waals surface area contributed by atoms with Gasteiger partial charge in [-0.05, 0) is 32.4 Å². The number of aryl methyl sites for hydroxylation is 2. The summed E-state index contributed by atoms with van der Waals surface area (Å²) in [6.45, 7) is 5.65. The van der Waals surface area contributed by atoms with E-state index in [4.69, 9.17) is 5.73 Å². The molecule has 1 unspecified atom stereocenters. The van der Waals surface area contributed by atoms with Gasteiger partial charge in [0.1, 0.15) is 0 Å². The maximum absolute atomic E-state index is 11.3. The third-order valence-electron chi connectivity index (χ3n) is 2.05. The van der Waals surface area contributed by atoms with Crippen LogP contribution in [0, 0.1) is 13.8 Å². The van der Waals surface area contributed by atoms with Crippen LogP contribution >= 0.6 is 0 Å². The molecule has 0 aliphatic rings. The number of carbonyl (C=O) groups excluding carboxylic acids is 1. The third-order valence-corrected chi connectivity index (χ3v) is 2.05. The van der Waals surface area contributed by atoms with Crippen molar-refractivity contribution in [2.75, 3.05) is 5.32 Å². The number of rotatable bonds is 2. The van der Waals surface area contributed by atoms with Gasteiger partial charge in [0.2, 0.25) is 5.91 Å². The van der Waals surface area contributed by atoms with Crippen LogP contribution in [0.3, 0.4) is 0 Å². The molecular formula is C11H16N2O. The van der Waals surface area contributed by atoms with E-state index in [2.05, 4.69) is 5.32 Å². The highest BCUT2D eigenvalue weighted by Gasteiger charge is 2.08. The molecule has 76 valence electrons. The summed E-state index contributed by atoms with van der Waals surface area (Å²) in [5.74, 6) is -0.156. The van der Waals surface area contributed by atoms with Crippen molar-refractivity contribution < 1.29 is 4.79 Å². The minimum Gasteiger partial charge on any atom is -0.325 e. The molecular weight excluding hydrogens is 176 g/mol. The molecule has 0 spiro atoms. The van der Waals surface area contributed by atoms with Gasteiger partial charge in [-0.3, -0.25) is 4.79 Å². The van der Waals surface area contributed by atoms with Crippen molar-refractivity contribution in [1.29, 1.82) is 0 Å². The highest BCUT2D eigenvalue weighted by molar-refractivity contribution is 5.94. The fraction of sp³-hybridized carbons (Fsp3) is 0.364. The molecule has 1 aromatic rings. The summed E-state index contributed by atoms with van der Waals surface area (Å²) >= 11 is 0. The molecule has 0 aliphatic heterocycles. The van der Waals surface area contributed by atoms with Gasteiger partial charge in [-0.1, -0.05) is 17.7 Å². The molecule has 0 aromatic heterocycles. The average Bonchev–Trinajstić information content (AvgIpc) is 2.09. The first-order valence-corrected chi connectivity index (χ1v) is 4.64. The predicted octanol–water partition coefficient (Wildman–Crippen LogP) is 1.59. The molecule has 1 aromatic carbocycles. The van der Waals surface area contributed by atoms with Crippen LogP contribution in [0.5, 0.6) is 0 Å². The Morgan fingerprint density at radius 1 is 1.43 bits per heavy atom. The zero-order valence-corrected chi connectivity index (χ0v) is 8.79. The van der Waals surface area contributed by atoms with Crippen LogP contribution in [0.4, 0.5) is 5.69 Å². The van der Waals surface area contributed by atoms with Crippen LogP contribution in [0.2, 0.25) is 0 Å². The summed E-state index contributed by atoms with van der Waals surface area (Å²) in [4.78, 5) is 11.3. The molecule has 1 atom stereocenters. The molecule has 0 bridgehead atoms. The van der Waals surface area contributed by atoms with Gasteiger partial charge in [0.25, 0.3) is 0 Å². The lowest BCUT2D eigenvalue weighted by Gasteiger charge is -2.10. The molecule has 0 saturated carbocycles. The molecule has 3 heteroatoms. The van der Waals surface area contributed by atoms with E-state index >= 15 is 0 Å². The molecule has 3 N–H and O–H groups in total. The van der Waals surface area contributed by atoms with Crippen molar-refractivity contribution in [3.8, 4) is 0 Å². The average molecular weight is 192 g/mol. The number of nitrogens with two attached hydrogens (primary N) is 1. The Morgan fingerprint density at radius 3 is 2.57 bits per heavy atom. The van der Waals surface area contributed by atoms with Crippen LogP contribution < -0.4 is 11.1 Å². The van der Waals surface area contributed by atoms with E-state index in [0.29, 0.717) is 0 Å². The Morgan fingerprint density at radius 2 is 2.07 bits per heavy atom. The number of nitrogens with one attached hydrogen (secondary N) is 1. The Bertz CT molecular complexity index is 345. The first kappa shape index (κ1) is 10.7. The SMILES string of the molecule is Cc1ccc(NC(=O)C(C)N)c(C)c1. The van der Waals surface area contributed by atoms with Crippen LogP contribution in [0.25, 0.3) is 0 Å². The van der Waals surface area contributed by atoms with Crippen molar-refractivity contribution >= 4 is 11.6 Å². The first-order valence-electron chi connectivity index (χ1n) is 4.64. The van der Waals surface area contributed by atoms with Crippen molar-refractivity contribution in [2.24, 2.45) is 5.73 Å². The van der Waals surface area contributed by atoms with Gasteiger partial charge in [0.15, 0.2) is 0 Å². The molecule has 0 aliphatic carbocycles. The molecule has 0 heterocycles. The van der Waals surface area contributed by atoms with E-state index < -0.39 is 6.04 Å². The minimum atomic E-state index is -0.476. The third kappa shape index (κ3) is 2.57. The van der Waals surface area contributed by atoms with Gasteiger partial charge in [-0.25, -0.2) is 0 Å². The summed E-state index contributed by atoms with van der Waals surface area (Å²) in [5, 5.41) is 2.77. The summed E-state index contributed by atoms with van der Waals surface area (Å²) in [6, 6.07) is 5.40. The number of amides is 1. The van der Waals surface area contributed by atoms with Crippen LogP contribution in [-0.4, -0.2) is 11.9 Å². The van der Waals surface area contributed by atoms with Crippen LogP contribution in [-0.2, 0) is 4.79 Å².